The third-order valence-corrected chi connectivity index (χ3v) is 4.04. The van der Waals surface area contributed by atoms with Crippen LogP contribution in [0.5, 0.6) is 5.75 Å². The fraction of sp³-hybridized carbons (Fsp3) is 0.556. The van der Waals surface area contributed by atoms with Gasteiger partial charge in [0.1, 0.15) is 18.2 Å². The standard InChI is InChI=1S/C18H27FN4O3/c1-2-6-20-17(24)14-22-8-10-23(11-9-22)18(25)21-7-12-26-16-5-3-4-15(19)13-16/h3-5,13H,2,6-12,14H2,1H3,(H,20,24)(H,21,25). The topological polar surface area (TPSA) is 73.9 Å². The smallest absolute Gasteiger partial charge is 0.317 e. The first kappa shape index (κ1) is 20.0. The molecule has 3 amide bonds. The number of nitrogens with zero attached hydrogens (tertiary/aromatic N) is 2. The molecule has 0 bridgehead atoms. The Morgan fingerprint density at radius 2 is 1.92 bits per heavy atom. The molecule has 8 heteroatoms. The number of rotatable bonds is 8. The second-order valence-electron chi connectivity index (χ2n) is 6.15. The predicted molar refractivity (Wildman–Crippen MR) is 96.6 cm³/mol. The highest BCUT2D eigenvalue weighted by Crippen LogP contribution is 2.11. The Kier molecular flexibility index (Phi) is 8.14. The number of piperazine rings is 1. The van der Waals surface area contributed by atoms with Gasteiger partial charge in [-0.15, -0.1) is 0 Å². The van der Waals surface area contributed by atoms with Crippen LogP contribution >= 0.6 is 0 Å². The molecule has 7 nitrogen and oxygen atoms in total. The zero-order valence-corrected chi connectivity index (χ0v) is 15.2. The van der Waals surface area contributed by atoms with E-state index in [1.807, 2.05) is 11.8 Å². The van der Waals surface area contributed by atoms with Crippen molar-refractivity contribution in [2.75, 3.05) is 52.4 Å². The van der Waals surface area contributed by atoms with Crippen LogP contribution < -0.4 is 15.4 Å². The largest absolute Gasteiger partial charge is 0.492 e. The molecular formula is C18H27FN4O3. The molecule has 0 aliphatic carbocycles. The Labute approximate surface area is 153 Å². The summed E-state index contributed by atoms with van der Waals surface area (Å²) in [5.74, 6) is 0.112. The van der Waals surface area contributed by atoms with E-state index in [0.29, 0.717) is 51.6 Å². The van der Waals surface area contributed by atoms with Crippen LogP contribution in [0.2, 0.25) is 0 Å². The fourth-order valence-corrected chi connectivity index (χ4v) is 2.63. The quantitative estimate of drug-likeness (QED) is 0.675. The number of amides is 3. The lowest BCUT2D eigenvalue weighted by Gasteiger charge is -2.34. The summed E-state index contributed by atoms with van der Waals surface area (Å²) in [5, 5.41) is 5.65. The van der Waals surface area contributed by atoms with Crippen molar-refractivity contribution in [3.63, 3.8) is 0 Å². The number of nitrogens with one attached hydrogen (secondary N) is 2. The fourth-order valence-electron chi connectivity index (χ4n) is 2.63. The van der Waals surface area contributed by atoms with Crippen LogP contribution in [0.4, 0.5) is 9.18 Å². The third kappa shape index (κ3) is 6.87. The maximum absolute atomic E-state index is 13.0. The normalized spacial score (nSPS) is 14.8. The number of ether oxygens (including phenoxy) is 1. The summed E-state index contributed by atoms with van der Waals surface area (Å²) < 4.78 is 18.4. The molecule has 1 fully saturated rings. The van der Waals surface area contributed by atoms with Gasteiger partial charge in [-0.25, -0.2) is 9.18 Å². The molecule has 144 valence electrons. The minimum Gasteiger partial charge on any atom is -0.492 e. The minimum atomic E-state index is -0.354. The van der Waals surface area contributed by atoms with E-state index in [1.54, 1.807) is 17.0 Å². The number of carbonyl (C=O) groups excluding carboxylic acids is 2. The summed E-state index contributed by atoms with van der Waals surface area (Å²) in [4.78, 5) is 27.6. The molecule has 0 aromatic heterocycles. The van der Waals surface area contributed by atoms with Crippen molar-refractivity contribution in [1.29, 1.82) is 0 Å². The maximum Gasteiger partial charge on any atom is 0.317 e. The molecule has 1 saturated heterocycles. The molecule has 0 saturated carbocycles. The molecule has 1 aromatic rings. The van der Waals surface area contributed by atoms with Gasteiger partial charge < -0.3 is 20.3 Å². The molecule has 1 aliphatic heterocycles. The average Bonchev–Trinajstić information content (AvgIpc) is 2.64. The molecule has 1 heterocycles. The van der Waals surface area contributed by atoms with Gasteiger partial charge in [0.15, 0.2) is 0 Å². The number of hydrogen-bond donors (Lipinski definition) is 2. The van der Waals surface area contributed by atoms with Gasteiger partial charge in [-0.05, 0) is 18.6 Å². The van der Waals surface area contributed by atoms with E-state index in [2.05, 4.69) is 10.6 Å². The lowest BCUT2D eigenvalue weighted by Crippen LogP contribution is -2.53. The first-order valence-electron chi connectivity index (χ1n) is 8.98. The first-order chi connectivity index (χ1) is 12.6. The highest BCUT2D eigenvalue weighted by atomic mass is 19.1. The van der Waals surface area contributed by atoms with Crippen molar-refractivity contribution < 1.29 is 18.7 Å². The van der Waals surface area contributed by atoms with Crippen LogP contribution in [0.15, 0.2) is 24.3 Å². The van der Waals surface area contributed by atoms with Crippen LogP contribution in [0.3, 0.4) is 0 Å². The van der Waals surface area contributed by atoms with Gasteiger partial charge in [-0.1, -0.05) is 13.0 Å². The molecule has 1 aromatic carbocycles. The summed E-state index contributed by atoms with van der Waals surface area (Å²) in [7, 11) is 0. The molecule has 2 rings (SSSR count). The molecule has 0 radical (unpaired) electrons. The van der Waals surface area contributed by atoms with Crippen molar-refractivity contribution in [3.8, 4) is 5.75 Å². The van der Waals surface area contributed by atoms with E-state index in [-0.39, 0.29) is 24.4 Å². The van der Waals surface area contributed by atoms with Gasteiger partial charge >= 0.3 is 6.03 Å². The Bertz CT molecular complexity index is 592. The Hall–Kier alpha value is -2.35. The van der Waals surface area contributed by atoms with E-state index >= 15 is 0 Å². The Balaban J connectivity index is 1.60. The molecule has 0 spiro atoms. The zero-order chi connectivity index (χ0) is 18.8. The summed E-state index contributed by atoms with van der Waals surface area (Å²) in [6.07, 6.45) is 0.919. The van der Waals surface area contributed by atoms with E-state index in [1.165, 1.54) is 12.1 Å². The Morgan fingerprint density at radius 1 is 1.15 bits per heavy atom. The summed E-state index contributed by atoms with van der Waals surface area (Å²) in [6.45, 7) is 6.20. The van der Waals surface area contributed by atoms with Gasteiger partial charge in [0.2, 0.25) is 5.91 Å². The zero-order valence-electron chi connectivity index (χ0n) is 15.2. The van der Waals surface area contributed by atoms with E-state index in [4.69, 9.17) is 4.74 Å². The van der Waals surface area contributed by atoms with Gasteiger partial charge in [0.05, 0.1) is 13.1 Å². The minimum absolute atomic E-state index is 0.0271. The lowest BCUT2D eigenvalue weighted by atomic mass is 10.3. The van der Waals surface area contributed by atoms with Crippen LogP contribution in [0.1, 0.15) is 13.3 Å². The van der Waals surface area contributed by atoms with Crippen LogP contribution in [0.25, 0.3) is 0 Å². The number of hydrogen-bond acceptors (Lipinski definition) is 4. The molecule has 0 atom stereocenters. The maximum atomic E-state index is 13.0. The molecule has 0 unspecified atom stereocenters. The monoisotopic (exact) mass is 366 g/mol. The number of halogens is 1. The summed E-state index contributed by atoms with van der Waals surface area (Å²) in [5.41, 5.74) is 0. The molecule has 1 aliphatic rings. The van der Waals surface area contributed by atoms with Crippen molar-refractivity contribution in [2.45, 2.75) is 13.3 Å². The van der Waals surface area contributed by atoms with Gasteiger partial charge in [0, 0.05) is 38.8 Å². The van der Waals surface area contributed by atoms with Gasteiger partial charge in [-0.2, -0.15) is 0 Å². The predicted octanol–water partition coefficient (Wildman–Crippen LogP) is 1.06. The van der Waals surface area contributed by atoms with Gasteiger partial charge in [0.25, 0.3) is 0 Å². The second kappa shape index (κ2) is 10.6. The first-order valence-corrected chi connectivity index (χ1v) is 8.98. The average molecular weight is 366 g/mol. The second-order valence-corrected chi connectivity index (χ2v) is 6.15. The third-order valence-electron chi connectivity index (χ3n) is 4.04. The number of urea groups is 1. The van der Waals surface area contributed by atoms with Crippen molar-refractivity contribution in [1.82, 2.24) is 20.4 Å². The molecule has 26 heavy (non-hydrogen) atoms. The van der Waals surface area contributed by atoms with Crippen molar-refractivity contribution in [2.24, 2.45) is 0 Å². The summed E-state index contributed by atoms with van der Waals surface area (Å²) >= 11 is 0. The molecule has 2 N–H and O–H groups in total. The summed E-state index contributed by atoms with van der Waals surface area (Å²) in [6, 6.07) is 5.74. The van der Waals surface area contributed by atoms with Crippen molar-refractivity contribution >= 4 is 11.9 Å². The van der Waals surface area contributed by atoms with Crippen LogP contribution in [-0.4, -0.2) is 74.2 Å². The van der Waals surface area contributed by atoms with Crippen LogP contribution in [0, 0.1) is 5.82 Å². The van der Waals surface area contributed by atoms with Crippen molar-refractivity contribution in [3.05, 3.63) is 30.1 Å². The molecular weight excluding hydrogens is 339 g/mol. The highest BCUT2D eigenvalue weighted by Gasteiger charge is 2.21. The number of benzene rings is 1. The SMILES string of the molecule is CCCNC(=O)CN1CCN(C(=O)NCCOc2cccc(F)c2)CC1. The van der Waals surface area contributed by atoms with E-state index in [0.717, 1.165) is 6.42 Å². The van der Waals surface area contributed by atoms with E-state index < -0.39 is 0 Å². The number of carbonyl (C=O) groups is 2. The van der Waals surface area contributed by atoms with E-state index in [9.17, 15) is 14.0 Å². The highest BCUT2D eigenvalue weighted by molar-refractivity contribution is 5.78. The van der Waals surface area contributed by atoms with Gasteiger partial charge in [-0.3, -0.25) is 9.69 Å². The lowest BCUT2D eigenvalue weighted by molar-refractivity contribution is -0.122. The van der Waals surface area contributed by atoms with Crippen LogP contribution in [-0.2, 0) is 4.79 Å². The Morgan fingerprint density at radius 3 is 2.62 bits per heavy atom.